The van der Waals surface area contributed by atoms with Crippen molar-refractivity contribution in [3.05, 3.63) is 48.0 Å². The van der Waals surface area contributed by atoms with Crippen molar-refractivity contribution in [1.29, 1.82) is 0 Å². The zero-order valence-corrected chi connectivity index (χ0v) is 17.8. The summed E-state index contributed by atoms with van der Waals surface area (Å²) in [6.45, 7) is 15.0. The Balaban J connectivity index is 1.49. The van der Waals surface area contributed by atoms with Gasteiger partial charge in [-0.3, -0.25) is 14.6 Å². The normalized spacial score (nSPS) is 22.1. The topological polar surface area (TPSA) is 26.8 Å². The van der Waals surface area contributed by atoms with E-state index in [2.05, 4.69) is 53.6 Å². The van der Waals surface area contributed by atoms with Gasteiger partial charge in [-0.25, -0.2) is 0 Å². The Morgan fingerprint density at radius 3 is 2.50 bits per heavy atom. The van der Waals surface area contributed by atoms with Crippen LogP contribution in [0.2, 0.25) is 0 Å². The van der Waals surface area contributed by atoms with Crippen LogP contribution in [0.4, 0.5) is 0 Å². The van der Waals surface area contributed by atoms with Crippen molar-refractivity contribution in [3.63, 3.8) is 0 Å². The zero-order chi connectivity index (χ0) is 19.9. The van der Waals surface area contributed by atoms with Crippen LogP contribution in [0, 0.1) is 5.92 Å². The van der Waals surface area contributed by atoms with Crippen LogP contribution in [0.5, 0.6) is 0 Å². The molecule has 4 heteroatoms. The maximum absolute atomic E-state index is 13.0. The summed E-state index contributed by atoms with van der Waals surface area (Å²) in [4.78, 5) is 20.2. The minimum atomic E-state index is 0.162. The van der Waals surface area contributed by atoms with Crippen molar-refractivity contribution < 1.29 is 4.79 Å². The van der Waals surface area contributed by atoms with Crippen LogP contribution in [-0.2, 0) is 11.3 Å². The Kier molecular flexibility index (Phi) is 7.69. The molecule has 0 bridgehead atoms. The van der Waals surface area contributed by atoms with Gasteiger partial charge in [0.1, 0.15) is 0 Å². The molecular weight excluding hydrogens is 346 g/mol. The van der Waals surface area contributed by atoms with Gasteiger partial charge in [0.2, 0.25) is 5.91 Å². The Morgan fingerprint density at radius 2 is 1.86 bits per heavy atom. The van der Waals surface area contributed by atoms with Crippen LogP contribution in [0.3, 0.4) is 0 Å². The first-order chi connectivity index (χ1) is 13.6. The molecule has 0 aromatic heterocycles. The van der Waals surface area contributed by atoms with Crippen LogP contribution >= 0.6 is 0 Å². The first-order valence-electron chi connectivity index (χ1n) is 11.0. The number of amides is 1. The number of nitrogens with zero attached hydrogens (tertiary/aromatic N) is 3. The molecule has 2 fully saturated rings. The molecule has 1 aromatic carbocycles. The van der Waals surface area contributed by atoms with Gasteiger partial charge in [-0.1, -0.05) is 42.5 Å². The number of carbonyl (C=O) groups excluding carboxylic acids is 1. The van der Waals surface area contributed by atoms with E-state index in [4.69, 9.17) is 0 Å². The summed E-state index contributed by atoms with van der Waals surface area (Å²) in [7, 11) is 0. The van der Waals surface area contributed by atoms with Crippen molar-refractivity contribution >= 4 is 5.91 Å². The van der Waals surface area contributed by atoms with Gasteiger partial charge in [0.25, 0.3) is 0 Å². The Bertz CT molecular complexity index is 637. The average Bonchev–Trinajstić information content (AvgIpc) is 2.73. The maximum Gasteiger partial charge on any atom is 0.227 e. The predicted octanol–water partition coefficient (Wildman–Crippen LogP) is 3.79. The second-order valence-electron chi connectivity index (χ2n) is 8.64. The molecule has 2 heterocycles. The van der Waals surface area contributed by atoms with Gasteiger partial charge in [0, 0.05) is 32.2 Å². The molecular formula is C24H37N3O. The SMILES string of the molecule is C=C(C)CN(CC)C(=O)[C@H]1CCCN(C2CCN(Cc3ccccc3)CC2)C1. The van der Waals surface area contributed by atoms with Crippen LogP contribution in [-0.4, -0.2) is 65.9 Å². The standard InChI is InChI=1S/C24H37N3O/c1-4-26(17-20(2)3)24(28)22-11-8-14-27(19-22)23-12-15-25(16-13-23)18-21-9-6-5-7-10-21/h5-7,9-10,22-23H,2,4,8,11-19H2,1,3H3/t22-/m0/s1. The Morgan fingerprint density at radius 1 is 1.14 bits per heavy atom. The van der Waals surface area contributed by atoms with E-state index in [9.17, 15) is 4.79 Å². The number of rotatable bonds is 7. The molecule has 0 saturated carbocycles. The third kappa shape index (κ3) is 5.68. The van der Waals surface area contributed by atoms with Gasteiger partial charge in [-0.15, -0.1) is 0 Å². The van der Waals surface area contributed by atoms with E-state index in [1.165, 1.54) is 18.4 Å². The van der Waals surface area contributed by atoms with E-state index in [1.54, 1.807) is 0 Å². The molecule has 1 atom stereocenters. The molecule has 2 aliphatic rings. The Hall–Kier alpha value is -1.65. The molecule has 0 spiro atoms. The summed E-state index contributed by atoms with van der Waals surface area (Å²) >= 11 is 0. The molecule has 2 saturated heterocycles. The largest absolute Gasteiger partial charge is 0.339 e. The van der Waals surface area contributed by atoms with E-state index in [1.807, 2.05) is 11.8 Å². The van der Waals surface area contributed by atoms with Crippen LogP contribution in [0.1, 0.15) is 45.1 Å². The average molecular weight is 384 g/mol. The lowest BCUT2D eigenvalue weighted by Gasteiger charge is -2.42. The fourth-order valence-electron chi connectivity index (χ4n) is 4.75. The molecule has 0 aliphatic carbocycles. The molecule has 154 valence electrons. The summed E-state index contributed by atoms with van der Waals surface area (Å²) in [6, 6.07) is 11.4. The molecule has 1 amide bonds. The van der Waals surface area contributed by atoms with Crippen LogP contribution < -0.4 is 0 Å². The fraction of sp³-hybridized carbons (Fsp3) is 0.625. The van der Waals surface area contributed by atoms with E-state index in [0.717, 1.165) is 57.7 Å². The number of hydrogen-bond donors (Lipinski definition) is 0. The van der Waals surface area contributed by atoms with E-state index >= 15 is 0 Å². The molecule has 1 aromatic rings. The monoisotopic (exact) mass is 383 g/mol. The van der Waals surface area contributed by atoms with Crippen molar-refractivity contribution in [1.82, 2.24) is 14.7 Å². The molecule has 28 heavy (non-hydrogen) atoms. The van der Waals surface area contributed by atoms with E-state index in [-0.39, 0.29) is 5.92 Å². The van der Waals surface area contributed by atoms with Gasteiger partial charge >= 0.3 is 0 Å². The minimum Gasteiger partial charge on any atom is -0.339 e. The molecule has 2 aliphatic heterocycles. The number of likely N-dealkylation sites (N-methyl/N-ethyl adjacent to an activating group) is 1. The predicted molar refractivity (Wildman–Crippen MR) is 116 cm³/mol. The lowest BCUT2D eigenvalue weighted by molar-refractivity contribution is -0.137. The highest BCUT2D eigenvalue weighted by molar-refractivity contribution is 5.79. The number of likely N-dealkylation sites (tertiary alicyclic amines) is 2. The summed E-state index contributed by atoms with van der Waals surface area (Å²) in [6.07, 6.45) is 4.62. The summed E-state index contributed by atoms with van der Waals surface area (Å²) in [5.74, 6) is 0.493. The number of benzene rings is 1. The lowest BCUT2D eigenvalue weighted by Crippen LogP contribution is -2.51. The van der Waals surface area contributed by atoms with Gasteiger partial charge in [-0.05, 0) is 64.7 Å². The van der Waals surface area contributed by atoms with Crippen molar-refractivity contribution in [3.8, 4) is 0 Å². The number of hydrogen-bond acceptors (Lipinski definition) is 3. The molecule has 0 unspecified atom stereocenters. The zero-order valence-electron chi connectivity index (χ0n) is 17.8. The van der Waals surface area contributed by atoms with Gasteiger partial charge < -0.3 is 4.90 Å². The minimum absolute atomic E-state index is 0.162. The third-order valence-corrected chi connectivity index (χ3v) is 6.28. The summed E-state index contributed by atoms with van der Waals surface area (Å²) < 4.78 is 0. The maximum atomic E-state index is 13.0. The third-order valence-electron chi connectivity index (χ3n) is 6.28. The fourth-order valence-corrected chi connectivity index (χ4v) is 4.75. The van der Waals surface area contributed by atoms with Crippen LogP contribution in [0.25, 0.3) is 0 Å². The molecule has 0 N–H and O–H groups in total. The molecule has 0 radical (unpaired) electrons. The quantitative estimate of drug-likeness (QED) is 0.670. The second kappa shape index (κ2) is 10.2. The summed E-state index contributed by atoms with van der Waals surface area (Å²) in [5.41, 5.74) is 2.47. The smallest absolute Gasteiger partial charge is 0.227 e. The second-order valence-corrected chi connectivity index (χ2v) is 8.64. The Labute approximate surface area is 171 Å². The highest BCUT2D eigenvalue weighted by atomic mass is 16.2. The first-order valence-corrected chi connectivity index (χ1v) is 11.0. The first kappa shape index (κ1) is 21.1. The summed E-state index contributed by atoms with van der Waals surface area (Å²) in [5, 5.41) is 0. The number of carbonyl (C=O) groups is 1. The highest BCUT2D eigenvalue weighted by Crippen LogP contribution is 2.26. The van der Waals surface area contributed by atoms with Crippen molar-refractivity contribution in [2.75, 3.05) is 39.3 Å². The van der Waals surface area contributed by atoms with E-state index in [0.29, 0.717) is 18.5 Å². The molecule has 4 nitrogen and oxygen atoms in total. The van der Waals surface area contributed by atoms with Gasteiger partial charge in [0.15, 0.2) is 0 Å². The highest BCUT2D eigenvalue weighted by Gasteiger charge is 2.33. The number of piperidine rings is 2. The van der Waals surface area contributed by atoms with Gasteiger partial charge in [0.05, 0.1) is 5.92 Å². The van der Waals surface area contributed by atoms with Crippen molar-refractivity contribution in [2.45, 2.75) is 52.1 Å². The van der Waals surface area contributed by atoms with Crippen LogP contribution in [0.15, 0.2) is 42.5 Å². The lowest BCUT2D eigenvalue weighted by atomic mass is 9.92. The van der Waals surface area contributed by atoms with Crippen molar-refractivity contribution in [2.24, 2.45) is 5.92 Å². The van der Waals surface area contributed by atoms with E-state index < -0.39 is 0 Å². The van der Waals surface area contributed by atoms with Gasteiger partial charge in [-0.2, -0.15) is 0 Å². The molecule has 3 rings (SSSR count).